The van der Waals surface area contributed by atoms with Crippen molar-refractivity contribution in [3.63, 3.8) is 0 Å². The lowest BCUT2D eigenvalue weighted by atomic mass is 10.2. The standard InChI is InChI=1S/C15H15ClN4/c1-2-17-8-11-7-15(18-9-12(11)16)20-10-19-13-5-3-4-6-14(13)20/h3-7,9-10,17H,2,8H2,1H3. The zero-order valence-electron chi connectivity index (χ0n) is 11.2. The summed E-state index contributed by atoms with van der Waals surface area (Å²) in [5.74, 6) is 0.830. The number of pyridine rings is 1. The lowest BCUT2D eigenvalue weighted by Gasteiger charge is -2.08. The van der Waals surface area contributed by atoms with Crippen LogP contribution in [-0.4, -0.2) is 21.1 Å². The number of aromatic nitrogens is 3. The highest BCUT2D eigenvalue weighted by atomic mass is 35.5. The average molecular weight is 287 g/mol. The number of fused-ring (bicyclic) bond motifs is 1. The van der Waals surface area contributed by atoms with Crippen molar-refractivity contribution >= 4 is 22.6 Å². The molecule has 20 heavy (non-hydrogen) atoms. The first-order chi connectivity index (χ1) is 9.79. The number of rotatable bonds is 4. The van der Waals surface area contributed by atoms with Gasteiger partial charge in [-0.05, 0) is 30.3 Å². The topological polar surface area (TPSA) is 42.7 Å². The van der Waals surface area contributed by atoms with E-state index in [0.29, 0.717) is 5.02 Å². The summed E-state index contributed by atoms with van der Waals surface area (Å²) in [5.41, 5.74) is 3.03. The molecule has 102 valence electrons. The molecule has 0 unspecified atom stereocenters. The molecule has 2 aromatic heterocycles. The first-order valence-corrected chi connectivity index (χ1v) is 6.95. The van der Waals surface area contributed by atoms with Crippen molar-refractivity contribution in [1.82, 2.24) is 19.9 Å². The maximum atomic E-state index is 6.18. The number of para-hydroxylation sites is 2. The lowest BCUT2D eigenvalue weighted by molar-refractivity contribution is 0.725. The van der Waals surface area contributed by atoms with Gasteiger partial charge in [0.2, 0.25) is 0 Å². The lowest BCUT2D eigenvalue weighted by Crippen LogP contribution is -2.12. The highest BCUT2D eigenvalue weighted by Gasteiger charge is 2.08. The molecule has 0 bridgehead atoms. The molecular weight excluding hydrogens is 272 g/mol. The summed E-state index contributed by atoms with van der Waals surface area (Å²) < 4.78 is 1.97. The highest BCUT2D eigenvalue weighted by Crippen LogP contribution is 2.21. The zero-order chi connectivity index (χ0) is 13.9. The maximum absolute atomic E-state index is 6.18. The molecule has 0 fully saturated rings. The van der Waals surface area contributed by atoms with Crippen LogP contribution in [0.5, 0.6) is 0 Å². The van der Waals surface area contributed by atoms with E-state index in [4.69, 9.17) is 11.6 Å². The molecule has 3 rings (SSSR count). The van der Waals surface area contributed by atoms with Crippen LogP contribution in [0.2, 0.25) is 5.02 Å². The number of imidazole rings is 1. The molecule has 2 heterocycles. The van der Waals surface area contributed by atoms with E-state index in [-0.39, 0.29) is 0 Å². The Balaban J connectivity index is 2.05. The third-order valence-corrected chi connectivity index (χ3v) is 3.53. The van der Waals surface area contributed by atoms with Gasteiger partial charge in [0.05, 0.1) is 16.1 Å². The van der Waals surface area contributed by atoms with Gasteiger partial charge in [-0.15, -0.1) is 0 Å². The van der Waals surface area contributed by atoms with Crippen LogP contribution in [0.15, 0.2) is 42.9 Å². The molecule has 1 aromatic carbocycles. The Bertz CT molecular complexity index is 736. The van der Waals surface area contributed by atoms with E-state index in [2.05, 4.69) is 22.2 Å². The predicted molar refractivity (Wildman–Crippen MR) is 81.3 cm³/mol. The third-order valence-electron chi connectivity index (χ3n) is 3.19. The second-order valence-corrected chi connectivity index (χ2v) is 4.92. The minimum atomic E-state index is 0.680. The van der Waals surface area contributed by atoms with Gasteiger partial charge in [-0.1, -0.05) is 30.7 Å². The molecule has 0 amide bonds. The van der Waals surface area contributed by atoms with E-state index >= 15 is 0 Å². The Morgan fingerprint density at radius 2 is 2.10 bits per heavy atom. The number of halogens is 1. The van der Waals surface area contributed by atoms with Crippen LogP contribution in [0.4, 0.5) is 0 Å². The number of nitrogens with one attached hydrogen (secondary N) is 1. The normalized spacial score (nSPS) is 11.1. The van der Waals surface area contributed by atoms with Gasteiger partial charge in [0.1, 0.15) is 12.1 Å². The molecule has 1 N–H and O–H groups in total. The zero-order valence-corrected chi connectivity index (χ0v) is 11.9. The van der Waals surface area contributed by atoms with Gasteiger partial charge in [0.25, 0.3) is 0 Å². The molecule has 3 aromatic rings. The van der Waals surface area contributed by atoms with Crippen LogP contribution in [0.3, 0.4) is 0 Å². The van der Waals surface area contributed by atoms with Gasteiger partial charge in [0.15, 0.2) is 0 Å². The number of benzene rings is 1. The quantitative estimate of drug-likeness (QED) is 0.801. The van der Waals surface area contributed by atoms with Crippen molar-refractivity contribution < 1.29 is 0 Å². The van der Waals surface area contributed by atoms with Crippen molar-refractivity contribution in [1.29, 1.82) is 0 Å². The Hall–Kier alpha value is -1.91. The van der Waals surface area contributed by atoms with Gasteiger partial charge in [-0.3, -0.25) is 4.57 Å². The maximum Gasteiger partial charge on any atom is 0.138 e. The third kappa shape index (κ3) is 2.40. The van der Waals surface area contributed by atoms with E-state index in [1.54, 1.807) is 12.5 Å². The van der Waals surface area contributed by atoms with Crippen molar-refractivity contribution in [3.8, 4) is 5.82 Å². The molecule has 0 spiro atoms. The SMILES string of the molecule is CCNCc1cc(-n2cnc3ccccc32)ncc1Cl. The molecule has 0 radical (unpaired) electrons. The summed E-state index contributed by atoms with van der Waals surface area (Å²) in [6.45, 7) is 3.71. The number of hydrogen-bond donors (Lipinski definition) is 1. The van der Waals surface area contributed by atoms with E-state index in [1.807, 2.05) is 34.9 Å². The van der Waals surface area contributed by atoms with Crippen molar-refractivity contribution in [2.24, 2.45) is 0 Å². The molecule has 0 aliphatic rings. The minimum absolute atomic E-state index is 0.680. The summed E-state index contributed by atoms with van der Waals surface area (Å²) in [6, 6.07) is 9.99. The van der Waals surface area contributed by atoms with E-state index in [9.17, 15) is 0 Å². The Kier molecular flexibility index (Phi) is 3.67. The molecule has 0 saturated carbocycles. The molecule has 0 atom stereocenters. The predicted octanol–water partition coefficient (Wildman–Crippen LogP) is 3.18. The summed E-state index contributed by atoms with van der Waals surface area (Å²) >= 11 is 6.18. The van der Waals surface area contributed by atoms with E-state index in [0.717, 1.165) is 35.5 Å². The fourth-order valence-corrected chi connectivity index (χ4v) is 2.31. The van der Waals surface area contributed by atoms with E-state index < -0.39 is 0 Å². The molecule has 0 saturated heterocycles. The summed E-state index contributed by atoms with van der Waals surface area (Å²) in [7, 11) is 0. The van der Waals surface area contributed by atoms with Gasteiger partial charge < -0.3 is 5.32 Å². The Morgan fingerprint density at radius 1 is 1.25 bits per heavy atom. The fraction of sp³-hybridized carbons (Fsp3) is 0.200. The average Bonchev–Trinajstić information content (AvgIpc) is 2.90. The summed E-state index contributed by atoms with van der Waals surface area (Å²) in [6.07, 6.45) is 3.48. The van der Waals surface area contributed by atoms with Crippen LogP contribution in [0, 0.1) is 0 Å². The van der Waals surface area contributed by atoms with Crippen molar-refractivity contribution in [2.75, 3.05) is 6.54 Å². The molecule has 4 nitrogen and oxygen atoms in total. The minimum Gasteiger partial charge on any atom is -0.313 e. The molecule has 5 heteroatoms. The Morgan fingerprint density at radius 3 is 2.95 bits per heavy atom. The van der Waals surface area contributed by atoms with Gasteiger partial charge in [-0.2, -0.15) is 0 Å². The smallest absolute Gasteiger partial charge is 0.138 e. The summed E-state index contributed by atoms with van der Waals surface area (Å²) in [5, 5.41) is 3.96. The Labute approximate surface area is 122 Å². The molecule has 0 aliphatic carbocycles. The fourth-order valence-electron chi connectivity index (χ4n) is 2.14. The van der Waals surface area contributed by atoms with Crippen molar-refractivity contribution in [2.45, 2.75) is 13.5 Å². The van der Waals surface area contributed by atoms with Crippen LogP contribution in [-0.2, 0) is 6.54 Å². The number of hydrogen-bond acceptors (Lipinski definition) is 3. The van der Waals surface area contributed by atoms with E-state index in [1.165, 1.54) is 0 Å². The van der Waals surface area contributed by atoms with Crippen LogP contribution in [0.1, 0.15) is 12.5 Å². The van der Waals surface area contributed by atoms with Gasteiger partial charge in [-0.25, -0.2) is 9.97 Å². The first-order valence-electron chi connectivity index (χ1n) is 6.57. The highest BCUT2D eigenvalue weighted by molar-refractivity contribution is 6.31. The monoisotopic (exact) mass is 286 g/mol. The second-order valence-electron chi connectivity index (χ2n) is 4.52. The van der Waals surface area contributed by atoms with Crippen LogP contribution < -0.4 is 5.32 Å². The first kappa shape index (κ1) is 13.1. The number of nitrogens with zero attached hydrogens (tertiary/aromatic N) is 3. The van der Waals surface area contributed by atoms with Gasteiger partial charge >= 0.3 is 0 Å². The van der Waals surface area contributed by atoms with Gasteiger partial charge in [0, 0.05) is 12.7 Å². The largest absolute Gasteiger partial charge is 0.313 e. The molecular formula is C15H15ClN4. The van der Waals surface area contributed by atoms with Crippen LogP contribution in [0.25, 0.3) is 16.9 Å². The summed E-state index contributed by atoms with van der Waals surface area (Å²) in [4.78, 5) is 8.79. The van der Waals surface area contributed by atoms with Crippen LogP contribution >= 0.6 is 11.6 Å². The molecule has 0 aliphatic heterocycles. The van der Waals surface area contributed by atoms with Crippen molar-refractivity contribution in [3.05, 3.63) is 53.4 Å². The second kappa shape index (κ2) is 5.61.